The van der Waals surface area contributed by atoms with Gasteiger partial charge in [0.25, 0.3) is 0 Å². The van der Waals surface area contributed by atoms with Crippen LogP contribution in [0.15, 0.2) is 36.9 Å². The average molecular weight is 178 g/mol. The zero-order chi connectivity index (χ0) is 9.68. The van der Waals surface area contributed by atoms with E-state index in [0.717, 1.165) is 11.3 Å². The third kappa shape index (κ3) is 2.60. The van der Waals surface area contributed by atoms with Crippen LogP contribution in [0.3, 0.4) is 0 Å². The predicted molar refractivity (Wildman–Crippen MR) is 52.8 cm³/mol. The molecule has 0 saturated heterocycles. The van der Waals surface area contributed by atoms with E-state index in [2.05, 4.69) is 6.58 Å². The average Bonchev–Trinajstić information content (AvgIpc) is 2.18. The highest BCUT2D eigenvalue weighted by Gasteiger charge is 2.05. The lowest BCUT2D eigenvalue weighted by Gasteiger charge is -2.09. The summed E-state index contributed by atoms with van der Waals surface area (Å²) in [6, 6.07) is 7.41. The van der Waals surface area contributed by atoms with Gasteiger partial charge in [0.2, 0.25) is 0 Å². The highest BCUT2D eigenvalue weighted by Crippen LogP contribution is 2.21. The molecule has 0 radical (unpaired) electrons. The molecular weight excluding hydrogens is 164 g/mol. The topological polar surface area (TPSA) is 29.5 Å². The Morgan fingerprint density at radius 2 is 2.38 bits per heavy atom. The lowest BCUT2D eigenvalue weighted by atomic mass is 10.1. The van der Waals surface area contributed by atoms with E-state index in [9.17, 15) is 5.11 Å². The lowest BCUT2D eigenvalue weighted by Crippen LogP contribution is -1.95. The number of rotatable bonds is 4. The van der Waals surface area contributed by atoms with Crippen molar-refractivity contribution in [1.82, 2.24) is 0 Å². The Hall–Kier alpha value is -1.28. The molecule has 0 saturated carbocycles. The maximum Gasteiger partial charge on any atom is 0.119 e. The third-order valence-corrected chi connectivity index (χ3v) is 1.87. The number of benzene rings is 1. The van der Waals surface area contributed by atoms with E-state index in [0.29, 0.717) is 6.42 Å². The minimum Gasteiger partial charge on any atom is -0.497 e. The summed E-state index contributed by atoms with van der Waals surface area (Å²) in [6.07, 6.45) is 1.78. The molecule has 1 aromatic carbocycles. The van der Waals surface area contributed by atoms with E-state index >= 15 is 0 Å². The lowest BCUT2D eigenvalue weighted by molar-refractivity contribution is 0.181. The second-order valence-electron chi connectivity index (χ2n) is 2.82. The molecule has 13 heavy (non-hydrogen) atoms. The zero-order valence-electron chi connectivity index (χ0n) is 7.73. The summed E-state index contributed by atoms with van der Waals surface area (Å²) < 4.78 is 5.05. The maximum atomic E-state index is 9.61. The second-order valence-corrected chi connectivity index (χ2v) is 2.82. The molecule has 2 heteroatoms. The van der Waals surface area contributed by atoms with Crippen LogP contribution in [-0.2, 0) is 0 Å². The van der Waals surface area contributed by atoms with Crippen molar-refractivity contribution in [3.8, 4) is 5.75 Å². The van der Waals surface area contributed by atoms with Gasteiger partial charge in [-0.25, -0.2) is 0 Å². The largest absolute Gasteiger partial charge is 0.497 e. The van der Waals surface area contributed by atoms with Gasteiger partial charge in [0, 0.05) is 0 Å². The Bertz CT molecular complexity index is 281. The molecule has 0 bridgehead atoms. The fraction of sp³-hybridized carbons (Fsp3) is 0.273. The molecule has 0 heterocycles. The van der Waals surface area contributed by atoms with E-state index in [1.54, 1.807) is 13.2 Å². The summed E-state index contributed by atoms with van der Waals surface area (Å²) in [5, 5.41) is 9.61. The van der Waals surface area contributed by atoms with Crippen molar-refractivity contribution in [2.45, 2.75) is 12.5 Å². The van der Waals surface area contributed by atoms with E-state index < -0.39 is 6.10 Å². The van der Waals surface area contributed by atoms with Crippen molar-refractivity contribution in [2.24, 2.45) is 0 Å². The van der Waals surface area contributed by atoms with E-state index in [1.807, 2.05) is 24.3 Å². The number of hydrogen-bond donors (Lipinski definition) is 1. The van der Waals surface area contributed by atoms with Gasteiger partial charge in [0.15, 0.2) is 0 Å². The van der Waals surface area contributed by atoms with Crippen LogP contribution in [0.2, 0.25) is 0 Å². The summed E-state index contributed by atoms with van der Waals surface area (Å²) >= 11 is 0. The Kier molecular flexibility index (Phi) is 3.53. The molecule has 0 aliphatic rings. The van der Waals surface area contributed by atoms with Crippen molar-refractivity contribution in [3.05, 3.63) is 42.5 Å². The molecule has 1 aromatic rings. The molecule has 1 atom stereocenters. The first kappa shape index (κ1) is 9.81. The summed E-state index contributed by atoms with van der Waals surface area (Å²) in [7, 11) is 1.61. The summed E-state index contributed by atoms with van der Waals surface area (Å²) in [5.41, 5.74) is 0.860. The monoisotopic (exact) mass is 178 g/mol. The number of methoxy groups -OCH3 is 1. The highest BCUT2D eigenvalue weighted by atomic mass is 16.5. The van der Waals surface area contributed by atoms with Crippen LogP contribution in [0, 0.1) is 0 Å². The summed E-state index contributed by atoms with van der Waals surface area (Å²) in [6.45, 7) is 3.58. The van der Waals surface area contributed by atoms with Crippen molar-refractivity contribution >= 4 is 0 Å². The van der Waals surface area contributed by atoms with Crippen molar-refractivity contribution in [1.29, 1.82) is 0 Å². The molecule has 0 aromatic heterocycles. The normalized spacial score (nSPS) is 12.2. The van der Waals surface area contributed by atoms with E-state index in [4.69, 9.17) is 4.74 Å². The van der Waals surface area contributed by atoms with Gasteiger partial charge in [-0.3, -0.25) is 0 Å². The van der Waals surface area contributed by atoms with E-state index in [1.165, 1.54) is 0 Å². The predicted octanol–water partition coefficient (Wildman–Crippen LogP) is 2.30. The van der Waals surface area contributed by atoms with Gasteiger partial charge in [-0.1, -0.05) is 18.2 Å². The summed E-state index contributed by atoms with van der Waals surface area (Å²) in [4.78, 5) is 0. The number of hydrogen-bond acceptors (Lipinski definition) is 2. The minimum absolute atomic E-state index is 0.479. The van der Waals surface area contributed by atoms with Crippen LogP contribution >= 0.6 is 0 Å². The number of aliphatic hydroxyl groups excluding tert-OH is 1. The molecule has 1 rings (SSSR count). The van der Waals surface area contributed by atoms with Crippen LogP contribution < -0.4 is 4.74 Å². The summed E-state index contributed by atoms with van der Waals surface area (Å²) in [5.74, 6) is 0.764. The molecule has 70 valence electrons. The van der Waals surface area contributed by atoms with Gasteiger partial charge in [0.1, 0.15) is 5.75 Å². The van der Waals surface area contributed by atoms with Crippen molar-refractivity contribution in [2.75, 3.05) is 7.11 Å². The van der Waals surface area contributed by atoms with Gasteiger partial charge >= 0.3 is 0 Å². The number of aliphatic hydroxyl groups is 1. The van der Waals surface area contributed by atoms with E-state index in [-0.39, 0.29) is 0 Å². The molecule has 2 nitrogen and oxygen atoms in total. The van der Waals surface area contributed by atoms with Crippen LogP contribution in [-0.4, -0.2) is 12.2 Å². The van der Waals surface area contributed by atoms with Gasteiger partial charge in [0.05, 0.1) is 13.2 Å². The van der Waals surface area contributed by atoms with Gasteiger partial charge in [-0.15, -0.1) is 6.58 Å². The molecule has 1 N–H and O–H groups in total. The number of ether oxygens (including phenoxy) is 1. The Labute approximate surface area is 78.5 Å². The fourth-order valence-electron chi connectivity index (χ4n) is 1.14. The Balaban J connectivity index is 2.81. The van der Waals surface area contributed by atoms with Gasteiger partial charge in [-0.05, 0) is 24.1 Å². The van der Waals surface area contributed by atoms with Crippen LogP contribution in [0.5, 0.6) is 5.75 Å². The Morgan fingerprint density at radius 1 is 1.62 bits per heavy atom. The minimum atomic E-state index is -0.479. The smallest absolute Gasteiger partial charge is 0.119 e. The SMILES string of the molecule is C=CC[C@H](O)c1cccc(OC)c1. The molecular formula is C11H14O2. The maximum absolute atomic E-state index is 9.61. The van der Waals surface area contributed by atoms with Crippen LogP contribution in [0.1, 0.15) is 18.1 Å². The zero-order valence-corrected chi connectivity index (χ0v) is 7.73. The highest BCUT2D eigenvalue weighted by molar-refractivity contribution is 5.29. The quantitative estimate of drug-likeness (QED) is 0.717. The molecule has 0 spiro atoms. The fourth-order valence-corrected chi connectivity index (χ4v) is 1.14. The Morgan fingerprint density at radius 3 is 3.00 bits per heavy atom. The molecule has 0 aliphatic carbocycles. The van der Waals surface area contributed by atoms with Crippen LogP contribution in [0.25, 0.3) is 0 Å². The van der Waals surface area contributed by atoms with Gasteiger partial charge < -0.3 is 9.84 Å². The first-order chi connectivity index (χ1) is 6.27. The standard InChI is InChI=1S/C11H14O2/c1-3-5-11(12)9-6-4-7-10(8-9)13-2/h3-4,6-8,11-12H,1,5H2,2H3/t11-/m0/s1. The first-order valence-corrected chi connectivity index (χ1v) is 4.21. The first-order valence-electron chi connectivity index (χ1n) is 4.21. The van der Waals surface area contributed by atoms with Crippen molar-refractivity contribution in [3.63, 3.8) is 0 Å². The molecule has 0 fully saturated rings. The molecule has 0 aliphatic heterocycles. The van der Waals surface area contributed by atoms with Crippen LogP contribution in [0.4, 0.5) is 0 Å². The molecule has 0 amide bonds. The van der Waals surface area contributed by atoms with Gasteiger partial charge in [-0.2, -0.15) is 0 Å². The second kappa shape index (κ2) is 4.67. The third-order valence-electron chi connectivity index (χ3n) is 1.87. The van der Waals surface area contributed by atoms with Crippen molar-refractivity contribution < 1.29 is 9.84 Å². The molecule has 0 unspecified atom stereocenters.